The van der Waals surface area contributed by atoms with Crippen LogP contribution in [-0.2, 0) is 14.8 Å². The van der Waals surface area contributed by atoms with E-state index in [1.54, 1.807) is 30.9 Å². The molecular formula is C20H32N4O4S. The second kappa shape index (κ2) is 10.2. The maximum Gasteiger partial charge on any atom is 0.253 e. The first-order chi connectivity index (χ1) is 13.7. The number of amides is 2. The molecule has 2 rings (SSSR count). The number of hydrogen-bond donors (Lipinski definition) is 1. The van der Waals surface area contributed by atoms with E-state index >= 15 is 0 Å². The zero-order valence-electron chi connectivity index (χ0n) is 17.7. The molecule has 8 nitrogen and oxygen atoms in total. The van der Waals surface area contributed by atoms with Gasteiger partial charge in [-0.1, -0.05) is 13.8 Å². The van der Waals surface area contributed by atoms with Crippen molar-refractivity contribution in [1.82, 2.24) is 19.4 Å². The molecule has 0 unspecified atom stereocenters. The molecule has 1 aliphatic heterocycles. The van der Waals surface area contributed by atoms with Crippen molar-refractivity contribution in [3.05, 3.63) is 29.8 Å². The van der Waals surface area contributed by atoms with E-state index in [2.05, 4.69) is 5.32 Å². The molecule has 0 aliphatic carbocycles. The third-order valence-electron chi connectivity index (χ3n) is 4.92. The summed E-state index contributed by atoms with van der Waals surface area (Å²) in [5.74, 6) is -0.132. The van der Waals surface area contributed by atoms with Crippen molar-refractivity contribution < 1.29 is 18.0 Å². The van der Waals surface area contributed by atoms with Crippen LogP contribution in [-0.4, -0.2) is 86.2 Å². The minimum absolute atomic E-state index is 0.00947. The minimum atomic E-state index is -3.53. The zero-order valence-corrected chi connectivity index (χ0v) is 18.5. The first-order valence-electron chi connectivity index (χ1n) is 10.1. The number of rotatable bonds is 8. The van der Waals surface area contributed by atoms with Crippen LogP contribution in [0.1, 0.15) is 38.1 Å². The average molecular weight is 425 g/mol. The highest BCUT2D eigenvalue weighted by molar-refractivity contribution is 7.89. The lowest BCUT2D eigenvalue weighted by Crippen LogP contribution is -2.51. The van der Waals surface area contributed by atoms with Crippen LogP contribution in [0.25, 0.3) is 0 Å². The van der Waals surface area contributed by atoms with Gasteiger partial charge < -0.3 is 10.2 Å². The molecule has 0 aromatic heterocycles. The molecule has 1 heterocycles. The molecular weight excluding hydrogens is 392 g/mol. The van der Waals surface area contributed by atoms with Crippen molar-refractivity contribution in [2.24, 2.45) is 0 Å². The second-order valence-electron chi connectivity index (χ2n) is 7.40. The Morgan fingerprint density at radius 3 is 2.07 bits per heavy atom. The Morgan fingerprint density at radius 2 is 1.59 bits per heavy atom. The number of sulfonamides is 1. The maximum absolute atomic E-state index is 12.7. The van der Waals surface area contributed by atoms with E-state index < -0.39 is 10.0 Å². The normalized spacial score (nSPS) is 15.7. The fourth-order valence-electron chi connectivity index (χ4n) is 3.34. The summed E-state index contributed by atoms with van der Waals surface area (Å²) in [6.45, 7) is 10.9. The van der Waals surface area contributed by atoms with Crippen molar-refractivity contribution in [3.63, 3.8) is 0 Å². The molecule has 162 valence electrons. The van der Waals surface area contributed by atoms with Gasteiger partial charge in [0.25, 0.3) is 5.91 Å². The van der Waals surface area contributed by atoms with Crippen LogP contribution in [0.15, 0.2) is 29.2 Å². The molecule has 1 aromatic rings. The lowest BCUT2D eigenvalue weighted by Gasteiger charge is -2.34. The van der Waals surface area contributed by atoms with Crippen molar-refractivity contribution in [2.45, 2.75) is 38.6 Å². The molecule has 1 saturated heterocycles. The Morgan fingerprint density at radius 1 is 1.03 bits per heavy atom. The van der Waals surface area contributed by atoms with E-state index in [0.717, 1.165) is 0 Å². The van der Waals surface area contributed by atoms with Gasteiger partial charge in [-0.2, -0.15) is 4.31 Å². The molecule has 1 aliphatic rings. The monoisotopic (exact) mass is 424 g/mol. The summed E-state index contributed by atoms with van der Waals surface area (Å²) in [6, 6.07) is 6.24. The van der Waals surface area contributed by atoms with Crippen LogP contribution in [0.5, 0.6) is 0 Å². The average Bonchev–Trinajstić information content (AvgIpc) is 2.68. The van der Waals surface area contributed by atoms with Gasteiger partial charge in [0.05, 0.1) is 11.4 Å². The third-order valence-corrected chi connectivity index (χ3v) is 6.98. The van der Waals surface area contributed by atoms with Gasteiger partial charge in [0, 0.05) is 50.9 Å². The fraction of sp³-hybridized carbons (Fsp3) is 0.600. The molecule has 9 heteroatoms. The van der Waals surface area contributed by atoms with E-state index in [-0.39, 0.29) is 22.8 Å². The summed E-state index contributed by atoms with van der Waals surface area (Å²) >= 11 is 0. The van der Waals surface area contributed by atoms with E-state index in [0.29, 0.717) is 51.4 Å². The number of carbonyl (C=O) groups excluding carboxylic acids is 2. The molecule has 29 heavy (non-hydrogen) atoms. The van der Waals surface area contributed by atoms with Gasteiger partial charge in [0.15, 0.2) is 0 Å². The van der Waals surface area contributed by atoms with Gasteiger partial charge in [-0.25, -0.2) is 8.42 Å². The van der Waals surface area contributed by atoms with Crippen LogP contribution in [0, 0.1) is 0 Å². The van der Waals surface area contributed by atoms with E-state index in [9.17, 15) is 18.0 Å². The van der Waals surface area contributed by atoms with Crippen LogP contribution < -0.4 is 5.32 Å². The minimum Gasteiger partial charge on any atom is -0.353 e. The topological polar surface area (TPSA) is 90.0 Å². The van der Waals surface area contributed by atoms with Crippen molar-refractivity contribution in [3.8, 4) is 0 Å². The highest BCUT2D eigenvalue weighted by atomic mass is 32.2. The molecule has 2 amide bonds. The SMILES string of the molecule is CCN(CC)S(=O)(=O)c1ccc(C(=O)N2CCN(CC(=O)NC(C)C)CC2)cc1. The fourth-order valence-corrected chi connectivity index (χ4v) is 4.80. The number of piperazine rings is 1. The van der Waals surface area contributed by atoms with Gasteiger partial charge in [0.2, 0.25) is 15.9 Å². The predicted octanol–water partition coefficient (Wildman–Crippen LogP) is 1.000. The van der Waals surface area contributed by atoms with Crippen molar-refractivity contribution in [1.29, 1.82) is 0 Å². The van der Waals surface area contributed by atoms with Gasteiger partial charge in [-0.15, -0.1) is 0 Å². The zero-order chi connectivity index (χ0) is 21.6. The number of nitrogens with zero attached hydrogens (tertiary/aromatic N) is 3. The Balaban J connectivity index is 1.96. The predicted molar refractivity (Wildman–Crippen MR) is 112 cm³/mol. The Hall–Kier alpha value is -1.97. The third kappa shape index (κ3) is 6.01. The molecule has 0 atom stereocenters. The number of benzene rings is 1. The lowest BCUT2D eigenvalue weighted by molar-refractivity contribution is -0.123. The van der Waals surface area contributed by atoms with Crippen molar-refractivity contribution >= 4 is 21.8 Å². The molecule has 1 aromatic carbocycles. The summed E-state index contributed by atoms with van der Waals surface area (Å²) < 4.78 is 26.5. The van der Waals surface area contributed by atoms with Gasteiger partial charge in [-0.05, 0) is 38.1 Å². The lowest BCUT2D eigenvalue weighted by atomic mass is 10.2. The Kier molecular flexibility index (Phi) is 8.18. The van der Waals surface area contributed by atoms with Crippen molar-refractivity contribution in [2.75, 3.05) is 45.8 Å². The van der Waals surface area contributed by atoms with E-state index in [4.69, 9.17) is 0 Å². The Bertz CT molecular complexity index is 796. The molecule has 0 radical (unpaired) electrons. The highest BCUT2D eigenvalue weighted by Gasteiger charge is 2.25. The summed E-state index contributed by atoms with van der Waals surface area (Å²) in [5, 5.41) is 2.87. The standard InChI is InChI=1S/C20H32N4O4S/c1-5-24(6-2)29(27,28)18-9-7-17(8-10-18)20(26)23-13-11-22(12-14-23)15-19(25)21-16(3)4/h7-10,16H,5-6,11-15H2,1-4H3,(H,21,25). The van der Waals surface area contributed by atoms with Crippen LogP contribution in [0.2, 0.25) is 0 Å². The van der Waals surface area contributed by atoms with Crippen LogP contribution in [0.3, 0.4) is 0 Å². The van der Waals surface area contributed by atoms with E-state index in [1.807, 2.05) is 18.7 Å². The summed E-state index contributed by atoms with van der Waals surface area (Å²) in [4.78, 5) is 28.6. The number of nitrogens with one attached hydrogen (secondary N) is 1. The van der Waals surface area contributed by atoms with Gasteiger partial charge in [-0.3, -0.25) is 14.5 Å². The summed E-state index contributed by atoms with van der Waals surface area (Å²) in [7, 11) is -3.53. The van der Waals surface area contributed by atoms with Crippen LogP contribution >= 0.6 is 0 Å². The number of hydrogen-bond acceptors (Lipinski definition) is 5. The smallest absolute Gasteiger partial charge is 0.253 e. The van der Waals surface area contributed by atoms with Gasteiger partial charge in [0.1, 0.15) is 0 Å². The number of carbonyl (C=O) groups is 2. The molecule has 1 N–H and O–H groups in total. The van der Waals surface area contributed by atoms with Gasteiger partial charge >= 0.3 is 0 Å². The molecule has 0 spiro atoms. The van der Waals surface area contributed by atoms with E-state index in [1.165, 1.54) is 16.4 Å². The quantitative estimate of drug-likeness (QED) is 0.672. The second-order valence-corrected chi connectivity index (χ2v) is 9.34. The summed E-state index contributed by atoms with van der Waals surface area (Å²) in [5.41, 5.74) is 0.467. The first-order valence-corrected chi connectivity index (χ1v) is 11.5. The summed E-state index contributed by atoms with van der Waals surface area (Å²) in [6.07, 6.45) is 0. The highest BCUT2D eigenvalue weighted by Crippen LogP contribution is 2.17. The Labute approximate surface area is 173 Å². The molecule has 0 bridgehead atoms. The molecule has 0 saturated carbocycles. The maximum atomic E-state index is 12.7. The largest absolute Gasteiger partial charge is 0.353 e. The van der Waals surface area contributed by atoms with Crippen LogP contribution in [0.4, 0.5) is 0 Å². The first kappa shape index (κ1) is 23.3. The molecule has 1 fully saturated rings.